The Kier molecular flexibility index (Phi) is 5.04. The standard InChI is InChI=1S/C20H22N4O3S/c1-24(16-9-11-28(25,26)14-16)19-12-18(21-13-17-8-5-10-27-17)22-20(23-19)15-6-3-2-4-7-15/h2-8,10,12,16H,9,11,13-14H2,1H3,(H,21,22,23). The highest BCUT2D eigenvalue weighted by molar-refractivity contribution is 7.91. The predicted molar refractivity (Wildman–Crippen MR) is 109 cm³/mol. The van der Waals surface area contributed by atoms with Crippen molar-refractivity contribution >= 4 is 21.5 Å². The van der Waals surface area contributed by atoms with E-state index in [1.54, 1.807) is 6.26 Å². The minimum atomic E-state index is -2.97. The molecule has 3 aromatic rings. The van der Waals surface area contributed by atoms with Gasteiger partial charge in [0, 0.05) is 24.7 Å². The normalized spacial score (nSPS) is 18.1. The highest BCUT2D eigenvalue weighted by Crippen LogP contribution is 2.26. The Labute approximate surface area is 164 Å². The number of sulfone groups is 1. The maximum absolute atomic E-state index is 11.9. The lowest BCUT2D eigenvalue weighted by atomic mass is 10.2. The Hall–Kier alpha value is -2.87. The van der Waals surface area contributed by atoms with E-state index in [2.05, 4.69) is 10.3 Å². The summed E-state index contributed by atoms with van der Waals surface area (Å²) in [5.74, 6) is 3.13. The molecule has 1 N–H and O–H groups in total. The molecule has 7 nitrogen and oxygen atoms in total. The molecule has 1 aromatic carbocycles. The van der Waals surface area contributed by atoms with Gasteiger partial charge >= 0.3 is 0 Å². The van der Waals surface area contributed by atoms with Gasteiger partial charge in [-0.2, -0.15) is 0 Å². The van der Waals surface area contributed by atoms with E-state index in [1.807, 2.05) is 60.5 Å². The average molecular weight is 398 g/mol. The van der Waals surface area contributed by atoms with Gasteiger partial charge in [-0.3, -0.25) is 0 Å². The number of nitrogens with one attached hydrogen (secondary N) is 1. The van der Waals surface area contributed by atoms with Crippen LogP contribution in [0.5, 0.6) is 0 Å². The molecule has 1 fully saturated rings. The lowest BCUT2D eigenvalue weighted by Crippen LogP contribution is -2.33. The first-order valence-corrected chi connectivity index (χ1v) is 11.0. The van der Waals surface area contributed by atoms with Gasteiger partial charge in [0.1, 0.15) is 17.4 Å². The third-order valence-corrected chi connectivity index (χ3v) is 6.64. The second kappa shape index (κ2) is 7.63. The van der Waals surface area contributed by atoms with E-state index < -0.39 is 9.84 Å². The molecule has 1 saturated heterocycles. The van der Waals surface area contributed by atoms with Gasteiger partial charge in [0.2, 0.25) is 0 Å². The molecule has 1 atom stereocenters. The van der Waals surface area contributed by atoms with Crippen LogP contribution >= 0.6 is 0 Å². The summed E-state index contributed by atoms with van der Waals surface area (Å²) in [5, 5.41) is 3.27. The van der Waals surface area contributed by atoms with E-state index in [-0.39, 0.29) is 17.5 Å². The van der Waals surface area contributed by atoms with Gasteiger partial charge in [0.05, 0.1) is 24.3 Å². The lowest BCUT2D eigenvalue weighted by molar-refractivity contribution is 0.518. The van der Waals surface area contributed by atoms with E-state index in [0.717, 1.165) is 11.3 Å². The number of hydrogen-bond donors (Lipinski definition) is 1. The second-order valence-electron chi connectivity index (χ2n) is 6.90. The Morgan fingerprint density at radius 1 is 1.18 bits per heavy atom. The third kappa shape index (κ3) is 4.17. The molecule has 0 radical (unpaired) electrons. The Morgan fingerprint density at radius 3 is 2.68 bits per heavy atom. The number of nitrogens with zero attached hydrogens (tertiary/aromatic N) is 3. The average Bonchev–Trinajstić information content (AvgIpc) is 3.35. The smallest absolute Gasteiger partial charge is 0.163 e. The van der Waals surface area contributed by atoms with Gasteiger partial charge in [0.25, 0.3) is 0 Å². The Balaban J connectivity index is 1.65. The fourth-order valence-electron chi connectivity index (χ4n) is 3.28. The number of hydrogen-bond acceptors (Lipinski definition) is 7. The minimum absolute atomic E-state index is 0.0820. The number of furan rings is 1. The van der Waals surface area contributed by atoms with Crippen molar-refractivity contribution in [2.24, 2.45) is 0 Å². The molecule has 0 saturated carbocycles. The van der Waals surface area contributed by atoms with Crippen molar-refractivity contribution in [1.29, 1.82) is 0 Å². The van der Waals surface area contributed by atoms with Crippen molar-refractivity contribution in [3.8, 4) is 11.4 Å². The number of anilines is 2. The molecule has 1 aliphatic heterocycles. The molecular weight excluding hydrogens is 376 g/mol. The fourth-order valence-corrected chi connectivity index (χ4v) is 5.06. The quantitative estimate of drug-likeness (QED) is 0.683. The zero-order chi connectivity index (χ0) is 19.6. The van der Waals surface area contributed by atoms with E-state index in [0.29, 0.717) is 30.4 Å². The summed E-state index contributed by atoms with van der Waals surface area (Å²) in [4.78, 5) is 11.3. The summed E-state index contributed by atoms with van der Waals surface area (Å²) in [5.41, 5.74) is 0.901. The van der Waals surface area contributed by atoms with Crippen molar-refractivity contribution < 1.29 is 12.8 Å². The molecule has 0 spiro atoms. The van der Waals surface area contributed by atoms with Gasteiger partial charge in [-0.15, -0.1) is 0 Å². The molecule has 8 heteroatoms. The van der Waals surface area contributed by atoms with Gasteiger partial charge < -0.3 is 14.6 Å². The molecule has 4 rings (SSSR count). The number of rotatable bonds is 6. The van der Waals surface area contributed by atoms with Gasteiger partial charge in [0.15, 0.2) is 15.7 Å². The van der Waals surface area contributed by atoms with Crippen LogP contribution in [0.4, 0.5) is 11.6 Å². The zero-order valence-electron chi connectivity index (χ0n) is 15.6. The topological polar surface area (TPSA) is 88.3 Å². The first kappa shape index (κ1) is 18.5. The summed E-state index contributed by atoms with van der Waals surface area (Å²) >= 11 is 0. The Bertz CT molecular complexity index is 1040. The van der Waals surface area contributed by atoms with Crippen molar-refractivity contribution in [2.45, 2.75) is 19.0 Å². The maximum Gasteiger partial charge on any atom is 0.163 e. The van der Waals surface area contributed by atoms with Crippen LogP contribution in [-0.4, -0.2) is 43.0 Å². The molecule has 1 unspecified atom stereocenters. The molecule has 3 heterocycles. The molecular formula is C20H22N4O3S. The van der Waals surface area contributed by atoms with E-state index >= 15 is 0 Å². The molecule has 0 amide bonds. The second-order valence-corrected chi connectivity index (χ2v) is 9.13. The van der Waals surface area contributed by atoms with Crippen LogP contribution in [0.3, 0.4) is 0 Å². The number of aromatic nitrogens is 2. The van der Waals surface area contributed by atoms with Crippen LogP contribution < -0.4 is 10.2 Å². The number of benzene rings is 1. The minimum Gasteiger partial charge on any atom is -0.467 e. The lowest BCUT2D eigenvalue weighted by Gasteiger charge is -2.25. The summed E-state index contributed by atoms with van der Waals surface area (Å²) < 4.78 is 29.1. The third-order valence-electron chi connectivity index (χ3n) is 4.89. The van der Waals surface area contributed by atoms with Crippen molar-refractivity contribution in [1.82, 2.24) is 9.97 Å². The van der Waals surface area contributed by atoms with Gasteiger partial charge in [-0.1, -0.05) is 30.3 Å². The van der Waals surface area contributed by atoms with Gasteiger partial charge in [-0.05, 0) is 18.6 Å². The molecule has 0 bridgehead atoms. The van der Waals surface area contributed by atoms with E-state index in [9.17, 15) is 8.42 Å². The molecule has 28 heavy (non-hydrogen) atoms. The van der Waals surface area contributed by atoms with Crippen LogP contribution in [0.2, 0.25) is 0 Å². The fraction of sp³-hybridized carbons (Fsp3) is 0.300. The van der Waals surface area contributed by atoms with E-state index in [1.165, 1.54) is 0 Å². The SMILES string of the molecule is CN(c1cc(NCc2ccco2)nc(-c2ccccc2)n1)C1CCS(=O)(=O)C1. The summed E-state index contributed by atoms with van der Waals surface area (Å²) in [6.07, 6.45) is 2.24. The maximum atomic E-state index is 11.9. The summed E-state index contributed by atoms with van der Waals surface area (Å²) in [7, 11) is -1.09. The molecule has 2 aromatic heterocycles. The van der Waals surface area contributed by atoms with Gasteiger partial charge in [-0.25, -0.2) is 18.4 Å². The van der Waals surface area contributed by atoms with Crippen molar-refractivity contribution in [2.75, 3.05) is 28.8 Å². The first-order chi connectivity index (χ1) is 13.5. The highest BCUT2D eigenvalue weighted by Gasteiger charge is 2.31. The van der Waals surface area contributed by atoms with Crippen LogP contribution in [-0.2, 0) is 16.4 Å². The summed E-state index contributed by atoms with van der Waals surface area (Å²) in [6.45, 7) is 0.499. The molecule has 146 valence electrons. The predicted octanol–water partition coefficient (Wildman–Crippen LogP) is 2.97. The van der Waals surface area contributed by atoms with Crippen molar-refractivity contribution in [3.05, 3.63) is 60.6 Å². The van der Waals surface area contributed by atoms with Crippen LogP contribution in [0, 0.1) is 0 Å². The van der Waals surface area contributed by atoms with E-state index in [4.69, 9.17) is 9.40 Å². The summed E-state index contributed by atoms with van der Waals surface area (Å²) in [6, 6.07) is 15.2. The van der Waals surface area contributed by atoms with Crippen LogP contribution in [0.25, 0.3) is 11.4 Å². The zero-order valence-corrected chi connectivity index (χ0v) is 16.4. The van der Waals surface area contributed by atoms with Crippen LogP contribution in [0.1, 0.15) is 12.2 Å². The highest BCUT2D eigenvalue weighted by atomic mass is 32.2. The largest absolute Gasteiger partial charge is 0.467 e. The molecule has 1 aliphatic rings. The Morgan fingerprint density at radius 2 is 2.00 bits per heavy atom. The van der Waals surface area contributed by atoms with Crippen molar-refractivity contribution in [3.63, 3.8) is 0 Å². The van der Waals surface area contributed by atoms with Crippen LogP contribution in [0.15, 0.2) is 59.2 Å². The molecule has 0 aliphatic carbocycles. The monoisotopic (exact) mass is 398 g/mol. The first-order valence-electron chi connectivity index (χ1n) is 9.14.